The summed E-state index contributed by atoms with van der Waals surface area (Å²) in [4.78, 5) is 13.2. The fourth-order valence-electron chi connectivity index (χ4n) is 4.10. The van der Waals surface area contributed by atoms with E-state index in [1.165, 1.54) is 22.4 Å². The van der Waals surface area contributed by atoms with Gasteiger partial charge in [0.1, 0.15) is 5.82 Å². The first kappa shape index (κ1) is 18.0. The summed E-state index contributed by atoms with van der Waals surface area (Å²) in [6.45, 7) is 6.52. The van der Waals surface area contributed by atoms with E-state index in [4.69, 9.17) is 4.98 Å². The first-order valence-corrected chi connectivity index (χ1v) is 10.3. The molecule has 0 atom stereocenters. The predicted molar refractivity (Wildman–Crippen MR) is 121 cm³/mol. The second-order valence-electron chi connectivity index (χ2n) is 7.97. The summed E-state index contributed by atoms with van der Waals surface area (Å²) in [5, 5.41) is 0. The third-order valence-corrected chi connectivity index (χ3v) is 5.95. The molecule has 1 fully saturated rings. The van der Waals surface area contributed by atoms with Crippen LogP contribution in [0.4, 0.5) is 5.69 Å². The number of benzene rings is 3. The van der Waals surface area contributed by atoms with Crippen LogP contribution in [0.3, 0.4) is 0 Å². The van der Waals surface area contributed by atoms with E-state index < -0.39 is 0 Å². The second kappa shape index (κ2) is 7.37. The smallest absolute Gasteiger partial charge is 0.138 e. The molecule has 0 radical (unpaired) electrons. The normalized spacial score (nSPS) is 15.2. The molecule has 4 nitrogen and oxygen atoms in total. The SMILES string of the molecule is Cc1ccccc1-c1ccc(-c2nc3ccc(N4CCN(C)CC4)cc3[nH]2)cc1. The van der Waals surface area contributed by atoms with E-state index >= 15 is 0 Å². The van der Waals surface area contributed by atoms with Gasteiger partial charge in [0.05, 0.1) is 11.0 Å². The molecule has 5 rings (SSSR count). The summed E-state index contributed by atoms with van der Waals surface area (Å²) in [5.41, 5.74) is 8.30. The van der Waals surface area contributed by atoms with Crippen molar-refractivity contribution in [2.24, 2.45) is 0 Å². The Morgan fingerprint density at radius 3 is 2.31 bits per heavy atom. The summed E-state index contributed by atoms with van der Waals surface area (Å²) in [6.07, 6.45) is 0. The molecule has 1 saturated heterocycles. The van der Waals surface area contributed by atoms with Crippen molar-refractivity contribution in [3.8, 4) is 22.5 Å². The first-order valence-electron chi connectivity index (χ1n) is 10.3. The number of hydrogen-bond donors (Lipinski definition) is 1. The number of nitrogens with zero attached hydrogens (tertiary/aromatic N) is 3. The summed E-state index contributed by atoms with van der Waals surface area (Å²) in [7, 11) is 2.19. The maximum absolute atomic E-state index is 4.82. The lowest BCUT2D eigenvalue weighted by Crippen LogP contribution is -2.44. The van der Waals surface area contributed by atoms with E-state index in [-0.39, 0.29) is 0 Å². The van der Waals surface area contributed by atoms with Crippen LogP contribution in [0, 0.1) is 6.92 Å². The Bertz CT molecular complexity index is 1140. The van der Waals surface area contributed by atoms with Gasteiger partial charge in [0.2, 0.25) is 0 Å². The Kier molecular flexibility index (Phi) is 4.57. The molecule has 1 aromatic heterocycles. The van der Waals surface area contributed by atoms with Crippen LogP contribution in [0.25, 0.3) is 33.5 Å². The molecule has 1 N–H and O–H groups in total. The van der Waals surface area contributed by atoms with Gasteiger partial charge in [-0.05, 0) is 48.9 Å². The maximum atomic E-state index is 4.82. The molecule has 29 heavy (non-hydrogen) atoms. The molecule has 146 valence electrons. The summed E-state index contributed by atoms with van der Waals surface area (Å²) < 4.78 is 0. The van der Waals surface area contributed by atoms with Gasteiger partial charge in [-0.2, -0.15) is 0 Å². The molecule has 4 heteroatoms. The minimum Gasteiger partial charge on any atom is -0.369 e. The molecule has 3 aromatic carbocycles. The number of imidazole rings is 1. The highest BCUT2D eigenvalue weighted by atomic mass is 15.2. The second-order valence-corrected chi connectivity index (χ2v) is 7.97. The van der Waals surface area contributed by atoms with Crippen LogP contribution in [0.2, 0.25) is 0 Å². The molecule has 0 spiro atoms. The predicted octanol–water partition coefficient (Wildman–Crippen LogP) is 4.96. The van der Waals surface area contributed by atoms with Crippen LogP contribution in [0.5, 0.6) is 0 Å². The third-order valence-electron chi connectivity index (χ3n) is 5.95. The summed E-state index contributed by atoms with van der Waals surface area (Å²) in [6, 6.07) is 23.7. The Morgan fingerprint density at radius 2 is 1.55 bits per heavy atom. The van der Waals surface area contributed by atoms with Gasteiger partial charge in [-0.25, -0.2) is 4.98 Å². The van der Waals surface area contributed by atoms with E-state index in [0.29, 0.717) is 0 Å². The summed E-state index contributed by atoms with van der Waals surface area (Å²) >= 11 is 0. The number of anilines is 1. The Morgan fingerprint density at radius 1 is 0.828 bits per heavy atom. The lowest BCUT2D eigenvalue weighted by atomic mass is 9.99. The number of hydrogen-bond acceptors (Lipinski definition) is 3. The molecule has 0 amide bonds. The van der Waals surface area contributed by atoms with Crippen molar-refractivity contribution in [1.82, 2.24) is 14.9 Å². The number of H-pyrrole nitrogens is 1. The fraction of sp³-hybridized carbons (Fsp3) is 0.240. The van der Waals surface area contributed by atoms with E-state index in [9.17, 15) is 0 Å². The molecule has 4 aromatic rings. The van der Waals surface area contributed by atoms with Gasteiger partial charge in [-0.3, -0.25) is 0 Å². The number of aryl methyl sites for hydroxylation is 1. The zero-order chi connectivity index (χ0) is 19.8. The van der Waals surface area contributed by atoms with Crippen LogP contribution < -0.4 is 4.90 Å². The van der Waals surface area contributed by atoms with Crippen LogP contribution in [0.15, 0.2) is 66.7 Å². The van der Waals surface area contributed by atoms with Crippen LogP contribution in [0.1, 0.15) is 5.56 Å². The fourth-order valence-corrected chi connectivity index (χ4v) is 4.10. The lowest BCUT2D eigenvalue weighted by Gasteiger charge is -2.34. The van der Waals surface area contributed by atoms with E-state index in [0.717, 1.165) is 48.6 Å². The Balaban J connectivity index is 1.42. The number of nitrogens with one attached hydrogen (secondary N) is 1. The van der Waals surface area contributed by atoms with E-state index in [2.05, 4.69) is 95.5 Å². The quantitative estimate of drug-likeness (QED) is 0.544. The zero-order valence-electron chi connectivity index (χ0n) is 17.0. The van der Waals surface area contributed by atoms with Gasteiger partial charge in [-0.15, -0.1) is 0 Å². The first-order chi connectivity index (χ1) is 14.2. The number of aromatic nitrogens is 2. The Hall–Kier alpha value is -3.11. The van der Waals surface area contributed by atoms with E-state index in [1.54, 1.807) is 0 Å². The van der Waals surface area contributed by atoms with Gasteiger partial charge in [-0.1, -0.05) is 48.5 Å². The van der Waals surface area contributed by atoms with Gasteiger partial charge < -0.3 is 14.8 Å². The molecular formula is C25H26N4. The number of fused-ring (bicyclic) bond motifs is 1. The number of piperazine rings is 1. The highest BCUT2D eigenvalue weighted by Gasteiger charge is 2.15. The minimum atomic E-state index is 0.923. The zero-order valence-corrected chi connectivity index (χ0v) is 17.0. The molecule has 0 unspecified atom stereocenters. The third kappa shape index (κ3) is 3.52. The molecule has 2 heterocycles. The van der Waals surface area contributed by atoms with E-state index in [1.807, 2.05) is 0 Å². The van der Waals surface area contributed by atoms with Crippen molar-refractivity contribution < 1.29 is 0 Å². The van der Waals surface area contributed by atoms with Gasteiger partial charge in [0, 0.05) is 37.4 Å². The molecular weight excluding hydrogens is 356 g/mol. The molecule has 0 aliphatic carbocycles. The standard InChI is InChI=1S/C25H26N4/c1-18-5-3-4-6-22(18)19-7-9-20(10-8-19)25-26-23-12-11-21(17-24(23)27-25)29-15-13-28(2)14-16-29/h3-12,17H,13-16H2,1-2H3,(H,26,27). The van der Waals surface area contributed by atoms with Crippen molar-refractivity contribution in [3.63, 3.8) is 0 Å². The highest BCUT2D eigenvalue weighted by Crippen LogP contribution is 2.28. The number of rotatable bonds is 3. The van der Waals surface area contributed by atoms with Crippen LogP contribution in [-0.2, 0) is 0 Å². The maximum Gasteiger partial charge on any atom is 0.138 e. The van der Waals surface area contributed by atoms with Gasteiger partial charge in [0.25, 0.3) is 0 Å². The van der Waals surface area contributed by atoms with Crippen molar-refractivity contribution in [3.05, 3.63) is 72.3 Å². The van der Waals surface area contributed by atoms with Crippen LogP contribution in [-0.4, -0.2) is 48.1 Å². The largest absolute Gasteiger partial charge is 0.369 e. The topological polar surface area (TPSA) is 35.2 Å². The number of aromatic amines is 1. The van der Waals surface area contributed by atoms with Crippen molar-refractivity contribution >= 4 is 16.7 Å². The van der Waals surface area contributed by atoms with Gasteiger partial charge >= 0.3 is 0 Å². The van der Waals surface area contributed by atoms with Crippen molar-refractivity contribution in [1.29, 1.82) is 0 Å². The molecule has 1 aliphatic heterocycles. The number of likely N-dealkylation sites (N-methyl/N-ethyl adjacent to an activating group) is 1. The van der Waals surface area contributed by atoms with Crippen molar-refractivity contribution in [2.45, 2.75) is 6.92 Å². The molecule has 0 saturated carbocycles. The highest BCUT2D eigenvalue weighted by molar-refractivity contribution is 5.83. The minimum absolute atomic E-state index is 0.923. The van der Waals surface area contributed by atoms with Crippen molar-refractivity contribution in [2.75, 3.05) is 38.1 Å². The average Bonchev–Trinajstić information content (AvgIpc) is 3.18. The molecule has 1 aliphatic rings. The Labute approximate surface area is 171 Å². The average molecular weight is 383 g/mol. The van der Waals surface area contributed by atoms with Gasteiger partial charge in [0.15, 0.2) is 0 Å². The van der Waals surface area contributed by atoms with Crippen LogP contribution >= 0.6 is 0 Å². The monoisotopic (exact) mass is 382 g/mol. The summed E-state index contributed by atoms with van der Waals surface area (Å²) in [5.74, 6) is 0.923. The lowest BCUT2D eigenvalue weighted by molar-refractivity contribution is 0.313. The molecule has 0 bridgehead atoms.